The Labute approximate surface area is 144 Å². The van der Waals surface area contributed by atoms with Crippen molar-refractivity contribution in [2.24, 2.45) is 5.92 Å². The predicted molar refractivity (Wildman–Crippen MR) is 91.8 cm³/mol. The SMILES string of the molecule is Cc1ccc(S(=O)(=O)N[C@H]2COC[C@H]2CS(=O)(=O)N(C)C)c(C)c1. The Bertz CT molecular complexity index is 803. The Balaban J connectivity index is 2.19. The summed E-state index contributed by atoms with van der Waals surface area (Å²) in [7, 11) is -4.25. The van der Waals surface area contributed by atoms with Crippen LogP contribution >= 0.6 is 0 Å². The third-order valence-electron chi connectivity index (χ3n) is 4.11. The van der Waals surface area contributed by atoms with E-state index in [0.29, 0.717) is 5.56 Å². The number of rotatable bonds is 6. The molecule has 1 heterocycles. The molecule has 0 saturated carbocycles. The maximum atomic E-state index is 12.6. The molecule has 7 nitrogen and oxygen atoms in total. The molecule has 1 N–H and O–H groups in total. The lowest BCUT2D eigenvalue weighted by Gasteiger charge is -2.21. The van der Waals surface area contributed by atoms with Crippen LogP contribution < -0.4 is 4.72 Å². The van der Waals surface area contributed by atoms with E-state index in [9.17, 15) is 16.8 Å². The first-order chi connectivity index (χ1) is 11.0. The second-order valence-electron chi connectivity index (χ2n) is 6.36. The normalized spacial score (nSPS) is 22.2. The number of aryl methyl sites for hydroxylation is 2. The van der Waals surface area contributed by atoms with E-state index >= 15 is 0 Å². The van der Waals surface area contributed by atoms with Crippen molar-refractivity contribution in [1.29, 1.82) is 0 Å². The second-order valence-corrected chi connectivity index (χ2v) is 10.3. The van der Waals surface area contributed by atoms with Crippen LogP contribution in [-0.4, -0.2) is 60.2 Å². The molecule has 1 aliphatic rings. The summed E-state index contributed by atoms with van der Waals surface area (Å²) in [5.41, 5.74) is 1.63. The van der Waals surface area contributed by atoms with Crippen molar-refractivity contribution in [1.82, 2.24) is 9.03 Å². The van der Waals surface area contributed by atoms with Crippen molar-refractivity contribution in [3.63, 3.8) is 0 Å². The van der Waals surface area contributed by atoms with Gasteiger partial charge in [0.05, 0.1) is 29.9 Å². The van der Waals surface area contributed by atoms with E-state index in [1.807, 2.05) is 6.92 Å². The van der Waals surface area contributed by atoms with Crippen molar-refractivity contribution in [2.75, 3.05) is 33.1 Å². The second kappa shape index (κ2) is 7.09. The van der Waals surface area contributed by atoms with Gasteiger partial charge in [-0.15, -0.1) is 0 Å². The van der Waals surface area contributed by atoms with Gasteiger partial charge in [0.25, 0.3) is 0 Å². The molecule has 0 bridgehead atoms. The van der Waals surface area contributed by atoms with Gasteiger partial charge in [-0.25, -0.2) is 25.9 Å². The highest BCUT2D eigenvalue weighted by atomic mass is 32.2. The fourth-order valence-electron chi connectivity index (χ4n) is 2.68. The highest BCUT2D eigenvalue weighted by Crippen LogP contribution is 2.22. The van der Waals surface area contributed by atoms with Gasteiger partial charge < -0.3 is 4.74 Å². The molecule has 0 spiro atoms. The smallest absolute Gasteiger partial charge is 0.241 e. The Morgan fingerprint density at radius 1 is 1.17 bits per heavy atom. The van der Waals surface area contributed by atoms with E-state index in [-0.39, 0.29) is 23.9 Å². The molecule has 0 unspecified atom stereocenters. The third-order valence-corrected chi connectivity index (χ3v) is 7.72. The zero-order valence-electron chi connectivity index (χ0n) is 14.3. The van der Waals surface area contributed by atoms with Gasteiger partial charge in [-0.05, 0) is 25.5 Å². The fraction of sp³-hybridized carbons (Fsp3) is 0.600. The quantitative estimate of drug-likeness (QED) is 0.780. The monoisotopic (exact) mass is 376 g/mol. The summed E-state index contributed by atoms with van der Waals surface area (Å²) < 4.78 is 58.4. The van der Waals surface area contributed by atoms with Gasteiger partial charge in [0.15, 0.2) is 0 Å². The van der Waals surface area contributed by atoms with Crippen molar-refractivity contribution >= 4 is 20.0 Å². The molecule has 0 radical (unpaired) electrons. The van der Waals surface area contributed by atoms with Crippen molar-refractivity contribution in [3.05, 3.63) is 29.3 Å². The molecule has 1 aromatic rings. The maximum absolute atomic E-state index is 12.6. The predicted octanol–water partition coefficient (Wildman–Crippen LogP) is 0.488. The van der Waals surface area contributed by atoms with E-state index in [2.05, 4.69) is 4.72 Å². The summed E-state index contributed by atoms with van der Waals surface area (Å²) in [4.78, 5) is 0.203. The molecule has 136 valence electrons. The minimum atomic E-state index is -3.74. The van der Waals surface area contributed by atoms with Gasteiger partial charge in [-0.1, -0.05) is 17.7 Å². The van der Waals surface area contributed by atoms with E-state index in [1.54, 1.807) is 25.1 Å². The van der Waals surface area contributed by atoms with E-state index < -0.39 is 32.0 Å². The van der Waals surface area contributed by atoms with E-state index in [0.717, 1.165) is 9.87 Å². The molecule has 0 aromatic heterocycles. The lowest BCUT2D eigenvalue weighted by Crippen LogP contribution is -2.43. The van der Waals surface area contributed by atoms with Crippen LogP contribution in [0.4, 0.5) is 0 Å². The molecule has 1 aromatic carbocycles. The van der Waals surface area contributed by atoms with Crippen LogP contribution in [0.5, 0.6) is 0 Å². The van der Waals surface area contributed by atoms with Gasteiger partial charge >= 0.3 is 0 Å². The lowest BCUT2D eigenvalue weighted by atomic mass is 10.1. The number of sulfonamides is 2. The summed E-state index contributed by atoms with van der Waals surface area (Å²) in [5.74, 6) is -0.571. The summed E-state index contributed by atoms with van der Waals surface area (Å²) in [6.45, 7) is 4.01. The van der Waals surface area contributed by atoms with Crippen LogP contribution in [0.15, 0.2) is 23.1 Å². The highest BCUT2D eigenvalue weighted by Gasteiger charge is 2.36. The number of nitrogens with one attached hydrogen (secondary N) is 1. The molecule has 2 atom stereocenters. The molecule has 24 heavy (non-hydrogen) atoms. The zero-order chi connectivity index (χ0) is 18.1. The fourth-order valence-corrected chi connectivity index (χ4v) is 5.36. The van der Waals surface area contributed by atoms with Crippen LogP contribution in [0.2, 0.25) is 0 Å². The van der Waals surface area contributed by atoms with Crippen molar-refractivity contribution in [3.8, 4) is 0 Å². The molecule has 0 aliphatic carbocycles. The van der Waals surface area contributed by atoms with Crippen LogP contribution in [-0.2, 0) is 24.8 Å². The first kappa shape index (κ1) is 19.3. The first-order valence-corrected chi connectivity index (χ1v) is 10.7. The molecule has 0 amide bonds. The van der Waals surface area contributed by atoms with Crippen LogP contribution in [0, 0.1) is 19.8 Å². The molecule has 1 aliphatic heterocycles. The molecular formula is C15H24N2O5S2. The number of ether oxygens (including phenoxy) is 1. The first-order valence-electron chi connectivity index (χ1n) is 7.60. The average Bonchev–Trinajstić information content (AvgIpc) is 2.83. The molecular weight excluding hydrogens is 352 g/mol. The molecule has 1 saturated heterocycles. The minimum absolute atomic E-state index is 0.153. The number of nitrogens with zero attached hydrogens (tertiary/aromatic N) is 1. The van der Waals surface area contributed by atoms with Gasteiger partial charge in [0.1, 0.15) is 0 Å². The number of benzene rings is 1. The standard InChI is InChI=1S/C15H24N2O5S2/c1-11-5-6-15(12(2)7-11)24(20,21)16-14-9-22-8-13(14)10-23(18,19)17(3)4/h5-7,13-14,16H,8-10H2,1-4H3/t13-,14-/m0/s1. The Morgan fingerprint density at radius 3 is 2.42 bits per heavy atom. The van der Waals surface area contributed by atoms with Crippen LogP contribution in [0.3, 0.4) is 0 Å². The molecule has 2 rings (SSSR count). The van der Waals surface area contributed by atoms with Gasteiger partial charge in [0.2, 0.25) is 20.0 Å². The minimum Gasteiger partial charge on any atom is -0.379 e. The Hall–Kier alpha value is -1.00. The van der Waals surface area contributed by atoms with E-state index in [4.69, 9.17) is 4.74 Å². The van der Waals surface area contributed by atoms with Gasteiger partial charge in [-0.2, -0.15) is 0 Å². The third kappa shape index (κ3) is 4.34. The molecule has 9 heteroatoms. The topological polar surface area (TPSA) is 92.8 Å². The van der Waals surface area contributed by atoms with Crippen molar-refractivity contribution < 1.29 is 21.6 Å². The van der Waals surface area contributed by atoms with Crippen LogP contribution in [0.1, 0.15) is 11.1 Å². The van der Waals surface area contributed by atoms with Gasteiger partial charge in [-0.3, -0.25) is 0 Å². The average molecular weight is 377 g/mol. The number of hydrogen-bond donors (Lipinski definition) is 1. The Morgan fingerprint density at radius 2 is 1.83 bits per heavy atom. The summed E-state index contributed by atoms with van der Waals surface area (Å²) in [5, 5.41) is 0. The molecule has 1 fully saturated rings. The summed E-state index contributed by atoms with van der Waals surface area (Å²) >= 11 is 0. The van der Waals surface area contributed by atoms with Crippen molar-refractivity contribution in [2.45, 2.75) is 24.8 Å². The zero-order valence-corrected chi connectivity index (χ0v) is 15.9. The number of hydrogen-bond acceptors (Lipinski definition) is 5. The summed E-state index contributed by atoms with van der Waals surface area (Å²) in [6.07, 6.45) is 0. The van der Waals surface area contributed by atoms with Crippen LogP contribution in [0.25, 0.3) is 0 Å². The highest BCUT2D eigenvalue weighted by molar-refractivity contribution is 7.89. The van der Waals surface area contributed by atoms with Gasteiger partial charge in [0, 0.05) is 20.0 Å². The van der Waals surface area contributed by atoms with E-state index in [1.165, 1.54) is 14.1 Å². The Kier molecular flexibility index (Phi) is 5.71. The lowest BCUT2D eigenvalue weighted by molar-refractivity contribution is 0.185. The summed E-state index contributed by atoms with van der Waals surface area (Å²) in [6, 6.07) is 4.54. The largest absolute Gasteiger partial charge is 0.379 e. The maximum Gasteiger partial charge on any atom is 0.241 e.